The van der Waals surface area contributed by atoms with Crippen LogP contribution in [0.2, 0.25) is 5.02 Å². The minimum absolute atomic E-state index is 0.00560. The summed E-state index contributed by atoms with van der Waals surface area (Å²) in [6, 6.07) is 18.7. The van der Waals surface area contributed by atoms with E-state index in [4.69, 9.17) is 11.6 Å². The van der Waals surface area contributed by atoms with E-state index in [2.05, 4.69) is 5.32 Å². The Morgan fingerprint density at radius 3 is 2.23 bits per heavy atom. The van der Waals surface area contributed by atoms with E-state index in [9.17, 15) is 28.1 Å². The smallest absolute Gasteiger partial charge is 0.271 e. The van der Waals surface area contributed by atoms with Gasteiger partial charge >= 0.3 is 0 Å². The minimum atomic E-state index is -4.06. The Morgan fingerprint density at radius 1 is 1.03 bits per heavy atom. The summed E-state index contributed by atoms with van der Waals surface area (Å²) in [6.45, 7) is 0.916. The highest BCUT2D eigenvalue weighted by atomic mass is 35.5. The predicted octanol–water partition coefficient (Wildman–Crippen LogP) is 3.71. The number of anilines is 1. The van der Waals surface area contributed by atoms with Crippen molar-refractivity contribution in [2.75, 3.05) is 24.2 Å². The fourth-order valence-electron chi connectivity index (χ4n) is 4.08. The molecule has 2 amide bonds. The van der Waals surface area contributed by atoms with Crippen molar-refractivity contribution >= 4 is 44.8 Å². The van der Waals surface area contributed by atoms with E-state index in [1.54, 1.807) is 31.2 Å². The molecule has 0 bridgehead atoms. The Labute approximate surface area is 232 Å². The lowest BCUT2D eigenvalue weighted by atomic mass is 10.0. The molecule has 0 spiro atoms. The lowest BCUT2D eigenvalue weighted by molar-refractivity contribution is -0.384. The van der Waals surface area contributed by atoms with E-state index in [1.165, 1.54) is 24.1 Å². The van der Waals surface area contributed by atoms with Crippen LogP contribution < -0.4 is 9.62 Å². The Bertz CT molecular complexity index is 1450. The van der Waals surface area contributed by atoms with E-state index in [1.807, 2.05) is 30.3 Å². The summed E-state index contributed by atoms with van der Waals surface area (Å²) in [4.78, 5) is 39.1. The van der Waals surface area contributed by atoms with Crippen LogP contribution in [0.1, 0.15) is 16.7 Å². The SMILES string of the molecule is CNC(=O)[C@@H](Cc1ccccc1)N(Cc1ccc(Cl)cc1)C(=O)CN(c1cc([N+](=O)[O-])ccc1C)S(C)(=O)=O. The molecule has 1 N–H and O–H groups in total. The molecule has 0 aliphatic heterocycles. The first-order valence-electron chi connectivity index (χ1n) is 11.9. The topological polar surface area (TPSA) is 130 Å². The number of carbonyl (C=O) groups is 2. The number of benzene rings is 3. The van der Waals surface area contributed by atoms with Gasteiger partial charge < -0.3 is 10.2 Å². The number of hydrogen-bond donors (Lipinski definition) is 1. The Morgan fingerprint density at radius 2 is 1.67 bits per heavy atom. The van der Waals surface area contributed by atoms with Crippen molar-refractivity contribution < 1.29 is 22.9 Å². The van der Waals surface area contributed by atoms with Crippen molar-refractivity contribution in [1.29, 1.82) is 0 Å². The summed E-state index contributed by atoms with van der Waals surface area (Å²) in [5.41, 5.74) is 1.59. The number of likely N-dealkylation sites (N-methyl/N-ethyl adjacent to an activating group) is 1. The molecule has 1 atom stereocenters. The van der Waals surface area contributed by atoms with Gasteiger partial charge in [0, 0.05) is 37.2 Å². The molecule has 3 rings (SSSR count). The Balaban J connectivity index is 2.07. The van der Waals surface area contributed by atoms with E-state index in [-0.39, 0.29) is 24.3 Å². The standard InChI is InChI=1S/C27H29ClN4O6S/c1-19-9-14-23(32(35)36)16-24(19)31(39(3,37)38)18-26(33)30(17-21-10-12-22(28)13-11-21)25(27(34)29-2)15-20-7-5-4-6-8-20/h4-14,16,25H,15,17-18H2,1-3H3,(H,29,34)/t25-/m1/s1. The molecule has 0 aromatic heterocycles. The van der Waals surface area contributed by atoms with Crippen LogP contribution in [0.4, 0.5) is 11.4 Å². The molecule has 0 radical (unpaired) electrons. The number of hydrogen-bond acceptors (Lipinski definition) is 6. The fourth-order valence-corrected chi connectivity index (χ4v) is 5.11. The first-order chi connectivity index (χ1) is 18.4. The summed E-state index contributed by atoms with van der Waals surface area (Å²) in [5, 5.41) is 14.5. The van der Waals surface area contributed by atoms with Gasteiger partial charge in [-0.1, -0.05) is 60.1 Å². The van der Waals surface area contributed by atoms with E-state index < -0.39 is 39.3 Å². The predicted molar refractivity (Wildman–Crippen MR) is 150 cm³/mol. The average molecular weight is 573 g/mol. The third-order valence-corrected chi connectivity index (χ3v) is 7.51. The highest BCUT2D eigenvalue weighted by Gasteiger charge is 2.33. The van der Waals surface area contributed by atoms with Gasteiger partial charge in [-0.2, -0.15) is 0 Å². The van der Waals surface area contributed by atoms with Crippen LogP contribution in [0.15, 0.2) is 72.8 Å². The number of nitro groups is 1. The molecule has 0 aliphatic rings. The molecule has 206 valence electrons. The zero-order valence-corrected chi connectivity index (χ0v) is 23.3. The summed E-state index contributed by atoms with van der Waals surface area (Å²) in [7, 11) is -2.60. The summed E-state index contributed by atoms with van der Waals surface area (Å²) in [6.07, 6.45) is 1.09. The molecule has 0 aliphatic carbocycles. The number of non-ortho nitro benzene ring substituents is 1. The Kier molecular flexibility index (Phi) is 9.66. The number of nitrogens with one attached hydrogen (secondary N) is 1. The normalized spacial score (nSPS) is 11.9. The number of halogens is 1. The molecule has 0 saturated carbocycles. The van der Waals surface area contributed by atoms with Crippen LogP contribution in [0.3, 0.4) is 0 Å². The fraction of sp³-hybridized carbons (Fsp3) is 0.259. The van der Waals surface area contributed by atoms with Crippen molar-refractivity contribution in [3.8, 4) is 0 Å². The molecule has 0 heterocycles. The van der Waals surface area contributed by atoms with Crippen LogP contribution in [0, 0.1) is 17.0 Å². The number of nitrogens with zero attached hydrogens (tertiary/aromatic N) is 3. The molecule has 0 fully saturated rings. The maximum Gasteiger partial charge on any atom is 0.271 e. The molecule has 10 nitrogen and oxygen atoms in total. The molecular weight excluding hydrogens is 544 g/mol. The molecule has 0 saturated heterocycles. The molecule has 3 aromatic carbocycles. The van der Waals surface area contributed by atoms with Crippen LogP contribution in [0.25, 0.3) is 0 Å². The first kappa shape index (κ1) is 29.6. The number of carbonyl (C=O) groups excluding carboxylic acids is 2. The first-order valence-corrected chi connectivity index (χ1v) is 14.2. The molecule has 0 unspecified atom stereocenters. The zero-order valence-electron chi connectivity index (χ0n) is 21.7. The van der Waals surface area contributed by atoms with Gasteiger partial charge in [-0.25, -0.2) is 8.42 Å². The van der Waals surface area contributed by atoms with Gasteiger partial charge in [0.1, 0.15) is 12.6 Å². The summed E-state index contributed by atoms with van der Waals surface area (Å²) >= 11 is 6.02. The highest BCUT2D eigenvalue weighted by molar-refractivity contribution is 7.92. The quantitative estimate of drug-likeness (QED) is 0.275. The third kappa shape index (κ3) is 7.78. The van der Waals surface area contributed by atoms with Gasteiger partial charge in [0.05, 0.1) is 16.9 Å². The second-order valence-corrected chi connectivity index (χ2v) is 11.3. The largest absolute Gasteiger partial charge is 0.357 e. The number of sulfonamides is 1. The van der Waals surface area contributed by atoms with Crippen molar-refractivity contribution in [2.45, 2.75) is 25.9 Å². The molecule has 3 aromatic rings. The lowest BCUT2D eigenvalue weighted by Crippen LogP contribution is -2.53. The van der Waals surface area contributed by atoms with Gasteiger partial charge in [0.25, 0.3) is 5.69 Å². The van der Waals surface area contributed by atoms with Crippen molar-refractivity contribution in [2.24, 2.45) is 0 Å². The highest BCUT2D eigenvalue weighted by Crippen LogP contribution is 2.28. The third-order valence-electron chi connectivity index (χ3n) is 6.14. The van der Waals surface area contributed by atoms with E-state index >= 15 is 0 Å². The lowest BCUT2D eigenvalue weighted by Gasteiger charge is -2.33. The van der Waals surface area contributed by atoms with Crippen molar-refractivity contribution in [1.82, 2.24) is 10.2 Å². The maximum absolute atomic E-state index is 13.9. The molecular formula is C27H29ClN4O6S. The van der Waals surface area contributed by atoms with Crippen LogP contribution in [0.5, 0.6) is 0 Å². The van der Waals surface area contributed by atoms with Gasteiger partial charge in [-0.05, 0) is 35.7 Å². The summed E-state index contributed by atoms with van der Waals surface area (Å²) in [5.74, 6) is -1.09. The number of aryl methyl sites for hydroxylation is 1. The summed E-state index contributed by atoms with van der Waals surface area (Å²) < 4.78 is 26.6. The van der Waals surface area contributed by atoms with Gasteiger partial charge in [0.2, 0.25) is 21.8 Å². The number of rotatable bonds is 11. The van der Waals surface area contributed by atoms with Crippen LogP contribution in [-0.4, -0.2) is 55.9 Å². The van der Waals surface area contributed by atoms with Gasteiger partial charge in [0.15, 0.2) is 0 Å². The van der Waals surface area contributed by atoms with Gasteiger partial charge in [-0.3, -0.25) is 24.0 Å². The van der Waals surface area contributed by atoms with Crippen LogP contribution in [-0.2, 0) is 32.6 Å². The van der Waals surface area contributed by atoms with Crippen molar-refractivity contribution in [3.05, 3.63) is 105 Å². The second kappa shape index (κ2) is 12.7. The van der Waals surface area contributed by atoms with E-state index in [0.717, 1.165) is 22.2 Å². The number of nitro benzene ring substituents is 1. The zero-order chi connectivity index (χ0) is 28.7. The van der Waals surface area contributed by atoms with E-state index in [0.29, 0.717) is 16.1 Å². The second-order valence-electron chi connectivity index (χ2n) is 8.97. The van der Waals surface area contributed by atoms with Crippen LogP contribution >= 0.6 is 11.6 Å². The molecule has 12 heteroatoms. The average Bonchev–Trinajstić information content (AvgIpc) is 2.90. The van der Waals surface area contributed by atoms with Crippen molar-refractivity contribution in [3.63, 3.8) is 0 Å². The Hall–Kier alpha value is -3.96. The minimum Gasteiger partial charge on any atom is -0.357 e. The maximum atomic E-state index is 13.9. The number of amides is 2. The monoisotopic (exact) mass is 572 g/mol. The molecule has 39 heavy (non-hydrogen) atoms. The van der Waals surface area contributed by atoms with Gasteiger partial charge in [-0.15, -0.1) is 0 Å².